The highest BCUT2D eigenvalue weighted by atomic mass is 16.3. The molecule has 2 rings (SSSR count). The van der Waals surface area contributed by atoms with Gasteiger partial charge in [0.25, 0.3) is 0 Å². The van der Waals surface area contributed by atoms with Gasteiger partial charge in [-0.2, -0.15) is 0 Å². The van der Waals surface area contributed by atoms with Gasteiger partial charge in [0, 0.05) is 17.0 Å². The lowest BCUT2D eigenvalue weighted by atomic mass is 9.97. The second-order valence-corrected chi connectivity index (χ2v) is 5.27. The molecule has 0 radical (unpaired) electrons. The first-order chi connectivity index (χ1) is 8.72. The van der Waals surface area contributed by atoms with Crippen molar-refractivity contribution in [3.8, 4) is 0 Å². The van der Waals surface area contributed by atoms with Crippen LogP contribution in [0.3, 0.4) is 0 Å². The zero-order valence-electron chi connectivity index (χ0n) is 11.6. The molecule has 2 aromatic rings. The van der Waals surface area contributed by atoms with Gasteiger partial charge in [0.05, 0.1) is 6.26 Å². The molecule has 0 bridgehead atoms. The minimum Gasteiger partial charge on any atom is -0.464 e. The van der Waals surface area contributed by atoms with Gasteiger partial charge in [-0.25, -0.2) is 0 Å². The number of nitrogens with one attached hydrogen (secondary N) is 1. The van der Waals surface area contributed by atoms with Crippen LogP contribution in [0.15, 0.2) is 34.9 Å². The Morgan fingerprint density at radius 1 is 1.17 bits per heavy atom. The summed E-state index contributed by atoms with van der Waals surface area (Å²) in [6.07, 6.45) is 4.31. The van der Waals surface area contributed by atoms with Crippen LogP contribution in [0.25, 0.3) is 11.0 Å². The van der Waals surface area contributed by atoms with Crippen molar-refractivity contribution in [3.05, 3.63) is 36.1 Å². The summed E-state index contributed by atoms with van der Waals surface area (Å²) >= 11 is 0. The summed E-state index contributed by atoms with van der Waals surface area (Å²) < 4.78 is 5.64. The molecule has 0 saturated heterocycles. The molecule has 0 amide bonds. The lowest BCUT2D eigenvalue weighted by Gasteiger charge is -2.18. The molecule has 98 valence electrons. The summed E-state index contributed by atoms with van der Waals surface area (Å²) in [6.45, 7) is 7.69. The quantitative estimate of drug-likeness (QED) is 0.809. The molecule has 2 heteroatoms. The average molecular weight is 245 g/mol. The summed E-state index contributed by atoms with van der Waals surface area (Å²) in [5.41, 5.74) is 2.29. The summed E-state index contributed by atoms with van der Waals surface area (Å²) in [6, 6.07) is 8.68. The Labute approximate surface area is 109 Å². The fourth-order valence-electron chi connectivity index (χ4n) is 2.38. The lowest BCUT2D eigenvalue weighted by molar-refractivity contribution is 0.446. The van der Waals surface area contributed by atoms with E-state index in [4.69, 9.17) is 4.42 Å². The molecule has 0 spiro atoms. The maximum Gasteiger partial charge on any atom is 0.134 e. The smallest absolute Gasteiger partial charge is 0.134 e. The van der Waals surface area contributed by atoms with Crippen molar-refractivity contribution in [2.45, 2.75) is 39.7 Å². The van der Waals surface area contributed by atoms with Crippen LogP contribution in [0, 0.1) is 5.92 Å². The number of para-hydroxylation sites is 1. The van der Waals surface area contributed by atoms with E-state index in [9.17, 15) is 0 Å². The predicted molar refractivity (Wildman–Crippen MR) is 76.7 cm³/mol. The van der Waals surface area contributed by atoms with E-state index in [2.05, 4.69) is 38.2 Å². The van der Waals surface area contributed by atoms with Gasteiger partial charge in [-0.3, -0.25) is 0 Å². The largest absolute Gasteiger partial charge is 0.464 e. The third-order valence-electron chi connectivity index (χ3n) is 3.37. The van der Waals surface area contributed by atoms with E-state index >= 15 is 0 Å². The first kappa shape index (κ1) is 13.2. The van der Waals surface area contributed by atoms with E-state index in [0.29, 0.717) is 6.04 Å². The van der Waals surface area contributed by atoms with Crippen LogP contribution in [-0.2, 0) is 0 Å². The van der Waals surface area contributed by atoms with E-state index in [1.807, 2.05) is 18.4 Å². The van der Waals surface area contributed by atoms with Crippen LogP contribution in [-0.4, -0.2) is 6.54 Å². The Morgan fingerprint density at radius 2 is 1.94 bits per heavy atom. The number of rotatable bonds is 6. The van der Waals surface area contributed by atoms with Gasteiger partial charge in [0.1, 0.15) is 5.58 Å². The number of furan rings is 1. The molecule has 1 N–H and O–H groups in total. The van der Waals surface area contributed by atoms with E-state index in [1.54, 1.807) is 0 Å². The fourth-order valence-corrected chi connectivity index (χ4v) is 2.38. The Morgan fingerprint density at radius 3 is 2.67 bits per heavy atom. The van der Waals surface area contributed by atoms with Crippen LogP contribution in [0.4, 0.5) is 0 Å². The minimum absolute atomic E-state index is 0.404. The van der Waals surface area contributed by atoms with Gasteiger partial charge >= 0.3 is 0 Å². The standard InChI is InChI=1S/C16H23NO/c1-4-17-15(10-9-12(2)3)14-11-18-16-8-6-5-7-13(14)16/h5-8,11-12,15,17H,4,9-10H2,1-3H3. The maximum atomic E-state index is 5.64. The van der Waals surface area contributed by atoms with Crippen molar-refractivity contribution in [3.63, 3.8) is 0 Å². The highest BCUT2D eigenvalue weighted by Gasteiger charge is 2.16. The van der Waals surface area contributed by atoms with E-state index in [1.165, 1.54) is 17.4 Å². The first-order valence-corrected chi connectivity index (χ1v) is 6.92. The monoisotopic (exact) mass is 245 g/mol. The van der Waals surface area contributed by atoms with Crippen molar-refractivity contribution in [1.29, 1.82) is 0 Å². The van der Waals surface area contributed by atoms with Crippen molar-refractivity contribution in [2.75, 3.05) is 6.54 Å². The van der Waals surface area contributed by atoms with E-state index < -0.39 is 0 Å². The molecule has 0 aliphatic rings. The highest BCUT2D eigenvalue weighted by Crippen LogP contribution is 2.29. The highest BCUT2D eigenvalue weighted by molar-refractivity contribution is 5.81. The van der Waals surface area contributed by atoms with Gasteiger partial charge < -0.3 is 9.73 Å². The van der Waals surface area contributed by atoms with Gasteiger partial charge in [0.15, 0.2) is 0 Å². The molecule has 0 fully saturated rings. The Kier molecular flexibility index (Phi) is 4.43. The maximum absolute atomic E-state index is 5.64. The summed E-state index contributed by atoms with van der Waals surface area (Å²) in [7, 11) is 0. The van der Waals surface area contributed by atoms with Crippen molar-refractivity contribution in [2.24, 2.45) is 5.92 Å². The van der Waals surface area contributed by atoms with Crippen molar-refractivity contribution < 1.29 is 4.42 Å². The molecule has 18 heavy (non-hydrogen) atoms. The number of hydrogen-bond acceptors (Lipinski definition) is 2. The van der Waals surface area contributed by atoms with Crippen molar-refractivity contribution in [1.82, 2.24) is 5.32 Å². The second-order valence-electron chi connectivity index (χ2n) is 5.27. The van der Waals surface area contributed by atoms with Crippen LogP contribution in [0.1, 0.15) is 45.2 Å². The van der Waals surface area contributed by atoms with Gasteiger partial charge in [0.2, 0.25) is 0 Å². The summed E-state index contributed by atoms with van der Waals surface area (Å²) in [5, 5.41) is 4.82. The predicted octanol–water partition coefficient (Wildman–Crippen LogP) is 4.52. The van der Waals surface area contributed by atoms with Gasteiger partial charge in [-0.1, -0.05) is 39.0 Å². The second kappa shape index (κ2) is 6.05. The lowest BCUT2D eigenvalue weighted by Crippen LogP contribution is -2.21. The summed E-state index contributed by atoms with van der Waals surface area (Å²) in [5.74, 6) is 0.740. The Hall–Kier alpha value is -1.28. The molecule has 1 heterocycles. The first-order valence-electron chi connectivity index (χ1n) is 6.92. The van der Waals surface area contributed by atoms with Crippen LogP contribution in [0.2, 0.25) is 0 Å². The Balaban J connectivity index is 2.24. The van der Waals surface area contributed by atoms with Gasteiger partial charge in [-0.15, -0.1) is 0 Å². The molecule has 2 nitrogen and oxygen atoms in total. The zero-order chi connectivity index (χ0) is 13.0. The zero-order valence-corrected chi connectivity index (χ0v) is 11.6. The Bertz CT molecular complexity index is 487. The molecule has 1 aromatic carbocycles. The SMILES string of the molecule is CCNC(CCC(C)C)c1coc2ccccc12. The number of fused-ring (bicyclic) bond motifs is 1. The third-order valence-corrected chi connectivity index (χ3v) is 3.37. The molecule has 1 unspecified atom stereocenters. The minimum atomic E-state index is 0.404. The average Bonchev–Trinajstić information content (AvgIpc) is 2.78. The topological polar surface area (TPSA) is 25.2 Å². The van der Waals surface area contributed by atoms with Crippen LogP contribution in [0.5, 0.6) is 0 Å². The molecule has 0 aliphatic heterocycles. The van der Waals surface area contributed by atoms with Crippen LogP contribution < -0.4 is 5.32 Å². The molecular weight excluding hydrogens is 222 g/mol. The normalized spacial score (nSPS) is 13.3. The fraction of sp³-hybridized carbons (Fsp3) is 0.500. The molecule has 0 saturated carbocycles. The third kappa shape index (κ3) is 2.94. The summed E-state index contributed by atoms with van der Waals surface area (Å²) in [4.78, 5) is 0. The van der Waals surface area contributed by atoms with Gasteiger partial charge in [-0.05, 0) is 31.4 Å². The van der Waals surface area contributed by atoms with Crippen LogP contribution >= 0.6 is 0 Å². The molecule has 1 aromatic heterocycles. The molecule has 0 aliphatic carbocycles. The van der Waals surface area contributed by atoms with E-state index in [-0.39, 0.29) is 0 Å². The number of hydrogen-bond donors (Lipinski definition) is 1. The molecular formula is C16H23NO. The van der Waals surface area contributed by atoms with Crippen molar-refractivity contribution >= 4 is 11.0 Å². The van der Waals surface area contributed by atoms with E-state index in [0.717, 1.165) is 24.5 Å². The number of benzene rings is 1. The molecule has 1 atom stereocenters.